The van der Waals surface area contributed by atoms with E-state index < -0.39 is 17.8 Å². The average Bonchev–Trinajstić information content (AvgIpc) is 3.25. The van der Waals surface area contributed by atoms with E-state index in [9.17, 15) is 19.1 Å². The first kappa shape index (κ1) is 26.1. The smallest absolute Gasteiger partial charge is 0.352 e. The van der Waals surface area contributed by atoms with E-state index in [0.717, 1.165) is 24.8 Å². The summed E-state index contributed by atoms with van der Waals surface area (Å²) in [5, 5.41) is 15.1. The van der Waals surface area contributed by atoms with Crippen molar-refractivity contribution in [3.8, 4) is 5.69 Å². The molecule has 0 fully saturated rings. The van der Waals surface area contributed by atoms with Gasteiger partial charge in [0.15, 0.2) is 0 Å². The molecule has 0 spiro atoms. The minimum absolute atomic E-state index is 0.00982. The van der Waals surface area contributed by atoms with Gasteiger partial charge in [0.25, 0.3) is 0 Å². The van der Waals surface area contributed by atoms with Crippen molar-refractivity contribution in [3.05, 3.63) is 71.3 Å². The Kier molecular flexibility index (Phi) is 8.40. The van der Waals surface area contributed by atoms with Crippen molar-refractivity contribution >= 4 is 40.7 Å². The minimum Gasteiger partial charge on any atom is -0.477 e. The Morgan fingerprint density at radius 1 is 1.00 bits per heavy atom. The normalized spacial score (nSPS) is 11.1. The molecular weight excluding hydrogens is 471 g/mol. The number of amides is 2. The van der Waals surface area contributed by atoms with Crippen molar-refractivity contribution in [2.24, 2.45) is 11.8 Å². The highest BCUT2D eigenvalue weighted by Crippen LogP contribution is 2.31. The fourth-order valence-corrected chi connectivity index (χ4v) is 4.01. The van der Waals surface area contributed by atoms with Crippen LogP contribution in [0.25, 0.3) is 5.69 Å². The van der Waals surface area contributed by atoms with Gasteiger partial charge in [0, 0.05) is 30.0 Å². The van der Waals surface area contributed by atoms with Crippen LogP contribution in [0.3, 0.4) is 0 Å². The fraction of sp³-hybridized carbons (Fsp3) is 0.308. The molecule has 0 saturated carbocycles. The molecule has 0 saturated heterocycles. The number of carbonyl (C=O) groups is 2. The molecule has 0 aliphatic carbocycles. The molecule has 1 heterocycles. The molecule has 2 amide bonds. The Balaban J connectivity index is 2.01. The van der Waals surface area contributed by atoms with E-state index >= 15 is 0 Å². The Morgan fingerprint density at radius 3 is 2.26 bits per heavy atom. The third kappa shape index (κ3) is 6.76. The molecule has 0 bridgehead atoms. The van der Waals surface area contributed by atoms with Crippen LogP contribution in [0.2, 0.25) is 5.02 Å². The van der Waals surface area contributed by atoms with Crippen LogP contribution in [-0.4, -0.2) is 34.8 Å². The van der Waals surface area contributed by atoms with E-state index in [4.69, 9.17) is 11.6 Å². The number of aromatic carboxylic acids is 1. The number of aromatic nitrogens is 1. The zero-order valence-corrected chi connectivity index (χ0v) is 20.9. The molecule has 3 aromatic rings. The summed E-state index contributed by atoms with van der Waals surface area (Å²) >= 11 is 5.81. The van der Waals surface area contributed by atoms with Gasteiger partial charge in [-0.15, -0.1) is 0 Å². The van der Waals surface area contributed by atoms with E-state index in [-0.39, 0.29) is 16.4 Å². The van der Waals surface area contributed by atoms with Crippen LogP contribution in [-0.2, 0) is 0 Å². The van der Waals surface area contributed by atoms with Gasteiger partial charge in [0.2, 0.25) is 0 Å². The molecule has 0 atom stereocenters. The van der Waals surface area contributed by atoms with Crippen molar-refractivity contribution in [2.75, 3.05) is 28.6 Å². The van der Waals surface area contributed by atoms with Gasteiger partial charge in [-0.05, 0) is 60.4 Å². The van der Waals surface area contributed by atoms with Gasteiger partial charge < -0.3 is 25.2 Å². The van der Waals surface area contributed by atoms with E-state index in [2.05, 4.69) is 43.2 Å². The second-order valence-corrected chi connectivity index (χ2v) is 9.60. The highest BCUT2D eigenvalue weighted by atomic mass is 35.5. The fourth-order valence-electron chi connectivity index (χ4n) is 3.85. The average molecular weight is 501 g/mol. The Hall–Kier alpha value is -3.52. The standard InChI is InChI=1S/C26H30ClFN4O3/c1-16(2)14-31(15-17(3)4)23-10-8-19(32-11-5-6-24(32)25(33)34)13-22(23)30-26(35)29-21-9-7-18(27)12-20(21)28/h5-13,16-17H,14-15H2,1-4H3,(H,33,34)(H2,29,30,35). The summed E-state index contributed by atoms with van der Waals surface area (Å²) in [6.07, 6.45) is 1.64. The van der Waals surface area contributed by atoms with Gasteiger partial charge in [-0.2, -0.15) is 0 Å². The van der Waals surface area contributed by atoms with Crippen molar-refractivity contribution in [1.82, 2.24) is 4.57 Å². The molecule has 3 rings (SSSR count). The predicted molar refractivity (Wildman–Crippen MR) is 139 cm³/mol. The van der Waals surface area contributed by atoms with E-state index in [0.29, 0.717) is 23.2 Å². The molecular formula is C26H30ClFN4O3. The summed E-state index contributed by atoms with van der Waals surface area (Å²) < 4.78 is 15.8. The van der Waals surface area contributed by atoms with Gasteiger partial charge >= 0.3 is 12.0 Å². The molecule has 2 aromatic carbocycles. The lowest BCUT2D eigenvalue weighted by molar-refractivity contribution is 0.0688. The maximum Gasteiger partial charge on any atom is 0.352 e. The molecule has 1 aromatic heterocycles. The topological polar surface area (TPSA) is 86.6 Å². The first-order valence-corrected chi connectivity index (χ1v) is 11.8. The zero-order chi connectivity index (χ0) is 25.7. The third-order valence-corrected chi connectivity index (χ3v) is 5.40. The lowest BCUT2D eigenvalue weighted by atomic mass is 10.1. The molecule has 186 valence electrons. The number of carboxylic acid groups (broad SMARTS) is 1. The largest absolute Gasteiger partial charge is 0.477 e. The maximum atomic E-state index is 14.2. The number of carbonyl (C=O) groups excluding carboxylic acids is 1. The molecule has 9 heteroatoms. The SMILES string of the molecule is CC(C)CN(CC(C)C)c1ccc(-n2cccc2C(=O)O)cc1NC(=O)Nc1ccc(Cl)cc1F. The van der Waals surface area contributed by atoms with Gasteiger partial charge in [0.1, 0.15) is 11.5 Å². The summed E-state index contributed by atoms with van der Waals surface area (Å²) in [7, 11) is 0. The first-order chi connectivity index (χ1) is 16.5. The van der Waals surface area contributed by atoms with Crippen LogP contribution < -0.4 is 15.5 Å². The number of nitrogens with one attached hydrogen (secondary N) is 2. The number of carboxylic acids is 1. The van der Waals surface area contributed by atoms with Gasteiger partial charge in [-0.3, -0.25) is 0 Å². The molecule has 0 unspecified atom stereocenters. The molecule has 0 aliphatic heterocycles. The third-order valence-electron chi connectivity index (χ3n) is 5.17. The van der Waals surface area contributed by atoms with Gasteiger partial charge in [0.05, 0.1) is 17.1 Å². The number of benzene rings is 2. The predicted octanol–water partition coefficient (Wildman–Crippen LogP) is 6.73. The van der Waals surface area contributed by atoms with Crippen LogP contribution in [0.4, 0.5) is 26.2 Å². The number of nitrogens with zero attached hydrogens (tertiary/aromatic N) is 2. The number of urea groups is 1. The number of anilines is 3. The number of halogens is 2. The van der Waals surface area contributed by atoms with Crippen molar-refractivity contribution in [1.29, 1.82) is 0 Å². The minimum atomic E-state index is -1.06. The number of hydrogen-bond acceptors (Lipinski definition) is 3. The van der Waals surface area contributed by atoms with E-state index in [1.807, 2.05) is 12.1 Å². The number of rotatable bonds is 9. The maximum absolute atomic E-state index is 14.2. The Labute approximate surface area is 209 Å². The molecule has 0 aliphatic rings. The van der Waals surface area contributed by atoms with Crippen molar-refractivity contribution < 1.29 is 19.1 Å². The lowest BCUT2D eigenvalue weighted by Gasteiger charge is -2.31. The molecule has 35 heavy (non-hydrogen) atoms. The summed E-state index contributed by atoms with van der Waals surface area (Å²) in [4.78, 5) is 26.7. The zero-order valence-electron chi connectivity index (χ0n) is 20.2. The van der Waals surface area contributed by atoms with Gasteiger partial charge in [-0.25, -0.2) is 14.0 Å². The van der Waals surface area contributed by atoms with Crippen LogP contribution in [0.1, 0.15) is 38.2 Å². The van der Waals surface area contributed by atoms with Crippen molar-refractivity contribution in [3.63, 3.8) is 0 Å². The van der Waals surface area contributed by atoms with Crippen LogP contribution in [0.15, 0.2) is 54.7 Å². The van der Waals surface area contributed by atoms with Gasteiger partial charge in [-0.1, -0.05) is 39.3 Å². The Bertz CT molecular complexity index is 1200. The summed E-state index contributed by atoms with van der Waals surface area (Å²) in [6, 6.07) is 11.9. The van der Waals surface area contributed by atoms with Crippen LogP contribution in [0.5, 0.6) is 0 Å². The second kappa shape index (κ2) is 11.3. The van der Waals surface area contributed by atoms with Crippen LogP contribution >= 0.6 is 11.6 Å². The first-order valence-electron chi connectivity index (χ1n) is 11.4. The quantitative estimate of drug-likeness (QED) is 0.304. The highest BCUT2D eigenvalue weighted by molar-refractivity contribution is 6.30. The highest BCUT2D eigenvalue weighted by Gasteiger charge is 2.19. The van der Waals surface area contributed by atoms with E-state index in [1.54, 1.807) is 18.3 Å². The summed E-state index contributed by atoms with van der Waals surface area (Å²) in [5.74, 6) is -0.991. The lowest BCUT2D eigenvalue weighted by Crippen LogP contribution is -2.32. The van der Waals surface area contributed by atoms with Crippen molar-refractivity contribution in [2.45, 2.75) is 27.7 Å². The van der Waals surface area contributed by atoms with Crippen LogP contribution in [0, 0.1) is 17.7 Å². The Morgan fingerprint density at radius 2 is 1.66 bits per heavy atom. The summed E-state index contributed by atoms with van der Waals surface area (Å²) in [5.41, 5.74) is 1.91. The number of hydrogen-bond donors (Lipinski definition) is 3. The molecule has 3 N–H and O–H groups in total. The molecule has 0 radical (unpaired) electrons. The summed E-state index contributed by atoms with van der Waals surface area (Å²) in [6.45, 7) is 9.97. The second-order valence-electron chi connectivity index (χ2n) is 9.17. The van der Waals surface area contributed by atoms with E-state index in [1.165, 1.54) is 22.8 Å². The molecule has 7 nitrogen and oxygen atoms in total. The monoisotopic (exact) mass is 500 g/mol.